The molecule has 3 nitrogen and oxygen atoms in total. The molecule has 0 unspecified atom stereocenters. The first-order chi connectivity index (χ1) is 1.91. The third-order valence-electron chi connectivity index (χ3n) is 0.0527. The molecule has 0 amide bonds. The standard InChI is InChI=1S/Ga.H2NO.O/c;1-2;/h;1-2H;/q+1;-1;. The van der Waals surface area contributed by atoms with Crippen LogP contribution in [0.15, 0.2) is 0 Å². The van der Waals surface area contributed by atoms with E-state index in [1.54, 1.807) is 0 Å². The molecule has 0 saturated carbocycles. The predicted octanol–water partition coefficient (Wildman–Crippen LogP) is -1.07. The minimum absolute atomic E-state index is 1.53. The van der Waals surface area contributed by atoms with Crippen LogP contribution in [0.25, 0.3) is 0 Å². The van der Waals surface area contributed by atoms with Gasteiger partial charge in [-0.05, 0) is 0 Å². The fourth-order valence-corrected chi connectivity index (χ4v) is 0. The molecule has 0 radical (unpaired) electrons. The first-order valence-corrected chi connectivity index (χ1v) is 2.95. The molecule has 0 fully saturated rings. The summed E-state index contributed by atoms with van der Waals surface area (Å²) in [6.07, 6.45) is 0. The van der Waals surface area contributed by atoms with Crippen LogP contribution in [-0.2, 0) is 3.54 Å². The number of hydrogen-bond acceptors (Lipinski definition) is 2. The van der Waals surface area contributed by atoms with Crippen LogP contribution in [-0.4, -0.2) is 22.8 Å². The van der Waals surface area contributed by atoms with Gasteiger partial charge in [0.05, 0.1) is 0 Å². The monoisotopic (exact) mass is 117 g/mol. The van der Waals surface area contributed by atoms with Crippen LogP contribution in [0.4, 0.5) is 0 Å². The van der Waals surface area contributed by atoms with E-state index in [1.807, 2.05) is 0 Å². The molecular formula is H2GaNO2. The Labute approximate surface area is 31.3 Å². The van der Waals surface area contributed by atoms with Gasteiger partial charge in [-0.3, -0.25) is 0 Å². The second kappa shape index (κ2) is 3.20. The van der Waals surface area contributed by atoms with Crippen LogP contribution in [0.1, 0.15) is 0 Å². The Morgan fingerprint density at radius 3 is 2.25 bits per heavy atom. The van der Waals surface area contributed by atoms with E-state index in [-0.39, 0.29) is 0 Å². The molecule has 0 bridgehead atoms. The van der Waals surface area contributed by atoms with Gasteiger partial charge in [0.25, 0.3) is 0 Å². The summed E-state index contributed by atoms with van der Waals surface area (Å²) in [7, 11) is 0. The van der Waals surface area contributed by atoms with Gasteiger partial charge in [-0.15, -0.1) is 0 Å². The summed E-state index contributed by atoms with van der Waals surface area (Å²) in [5, 5.41) is 7.38. The molecule has 0 rings (SSSR count). The van der Waals surface area contributed by atoms with Gasteiger partial charge >= 0.3 is 30.5 Å². The van der Waals surface area contributed by atoms with Crippen molar-refractivity contribution in [3.63, 3.8) is 0 Å². The zero-order valence-corrected chi connectivity index (χ0v) is 4.36. The Hall–Kier alpha value is 0.196. The molecule has 4 heteroatoms. The van der Waals surface area contributed by atoms with Gasteiger partial charge in [0.15, 0.2) is 0 Å². The summed E-state index contributed by atoms with van der Waals surface area (Å²) in [6, 6.07) is 0. The normalized spacial score (nSPS) is 4.25. The molecule has 0 aromatic heterocycles. The first kappa shape index (κ1) is 4.20. The quantitative estimate of drug-likeness (QED) is 0.340. The SMILES string of the molecule is [O]=[Ga][NH]O. The Morgan fingerprint density at radius 1 is 2.00 bits per heavy atom. The van der Waals surface area contributed by atoms with Crippen molar-refractivity contribution in [2.75, 3.05) is 0 Å². The Kier molecular flexibility index (Phi) is 3.35. The van der Waals surface area contributed by atoms with Crippen LogP contribution in [0.2, 0.25) is 0 Å². The molecule has 0 saturated heterocycles. The van der Waals surface area contributed by atoms with E-state index in [9.17, 15) is 0 Å². The Morgan fingerprint density at radius 2 is 2.25 bits per heavy atom. The van der Waals surface area contributed by atoms with Gasteiger partial charge < -0.3 is 0 Å². The third kappa shape index (κ3) is 2.20. The molecule has 0 aliphatic rings. The van der Waals surface area contributed by atoms with E-state index in [4.69, 9.17) is 8.75 Å². The summed E-state index contributed by atoms with van der Waals surface area (Å²) in [4.78, 5) is 0. The van der Waals surface area contributed by atoms with Crippen LogP contribution in [0.3, 0.4) is 0 Å². The van der Waals surface area contributed by atoms with Crippen LogP contribution < -0.4 is 4.19 Å². The fraction of sp³-hybridized carbons (Fsp3) is 0. The second-order valence-corrected chi connectivity index (χ2v) is 1.28. The van der Waals surface area contributed by atoms with Gasteiger partial charge in [0, 0.05) is 0 Å². The van der Waals surface area contributed by atoms with E-state index in [0.717, 1.165) is 0 Å². The molecule has 0 spiro atoms. The molecule has 0 aliphatic heterocycles. The Bertz CT molecular complexity index is 20.0. The van der Waals surface area contributed by atoms with Gasteiger partial charge in [-0.1, -0.05) is 0 Å². The van der Waals surface area contributed by atoms with Crippen LogP contribution >= 0.6 is 0 Å². The van der Waals surface area contributed by atoms with Gasteiger partial charge in [-0.2, -0.15) is 0 Å². The zero-order chi connectivity index (χ0) is 3.41. The maximum atomic E-state index is 9.09. The molecule has 22 valence electrons. The van der Waals surface area contributed by atoms with Crippen molar-refractivity contribution in [1.29, 1.82) is 0 Å². The molecule has 4 heavy (non-hydrogen) atoms. The summed E-state index contributed by atoms with van der Waals surface area (Å²) in [5.41, 5.74) is 0. The third-order valence-corrected chi connectivity index (χ3v) is 0.274. The summed E-state index contributed by atoms with van der Waals surface area (Å²) >= 11 is -1.63. The second-order valence-electron chi connectivity index (χ2n) is 0.247. The van der Waals surface area contributed by atoms with E-state index >= 15 is 0 Å². The molecule has 2 N–H and O–H groups in total. The average molecular weight is 118 g/mol. The van der Waals surface area contributed by atoms with Crippen molar-refractivity contribution < 1.29 is 8.75 Å². The average Bonchev–Trinajstić information content (AvgIpc) is 1.37. The zero-order valence-electron chi connectivity index (χ0n) is 1.93. The van der Waals surface area contributed by atoms with Gasteiger partial charge in [0.2, 0.25) is 0 Å². The van der Waals surface area contributed by atoms with E-state index in [1.165, 1.54) is 4.19 Å². The van der Waals surface area contributed by atoms with Crippen molar-refractivity contribution in [3.05, 3.63) is 0 Å². The maximum absolute atomic E-state index is 9.09. The molecule has 0 aromatic rings. The van der Waals surface area contributed by atoms with Crippen molar-refractivity contribution in [2.24, 2.45) is 0 Å². The number of hydrogen-bond donors (Lipinski definition) is 2. The summed E-state index contributed by atoms with van der Waals surface area (Å²) < 4.78 is 10.6. The molecule has 0 heterocycles. The van der Waals surface area contributed by atoms with E-state index < -0.39 is 17.6 Å². The molecule has 0 aliphatic carbocycles. The number of nitrogens with one attached hydrogen (secondary N) is 1. The molecule has 0 aromatic carbocycles. The number of rotatable bonds is 1. The van der Waals surface area contributed by atoms with Gasteiger partial charge in [-0.25, -0.2) is 0 Å². The fourth-order valence-electron chi connectivity index (χ4n) is 0. The van der Waals surface area contributed by atoms with Crippen LogP contribution in [0, 0.1) is 0 Å². The van der Waals surface area contributed by atoms with Crippen molar-refractivity contribution in [1.82, 2.24) is 4.19 Å². The minimum atomic E-state index is -1.63. The molecular weight excluding hydrogens is 116 g/mol. The van der Waals surface area contributed by atoms with Crippen LogP contribution in [0.5, 0.6) is 0 Å². The van der Waals surface area contributed by atoms with Crippen molar-refractivity contribution in [3.8, 4) is 0 Å². The van der Waals surface area contributed by atoms with Crippen molar-refractivity contribution >= 4 is 17.6 Å². The summed E-state index contributed by atoms with van der Waals surface area (Å²) in [6.45, 7) is 0. The topological polar surface area (TPSA) is 49.3 Å². The Balaban J connectivity index is 2.30. The summed E-state index contributed by atoms with van der Waals surface area (Å²) in [5.74, 6) is 0. The predicted molar refractivity (Wildman–Crippen MR) is 11.4 cm³/mol. The molecule has 0 atom stereocenters. The van der Waals surface area contributed by atoms with E-state index in [0.29, 0.717) is 0 Å². The van der Waals surface area contributed by atoms with Crippen molar-refractivity contribution in [2.45, 2.75) is 0 Å². The van der Waals surface area contributed by atoms with Gasteiger partial charge in [0.1, 0.15) is 0 Å². The first-order valence-electron chi connectivity index (χ1n) is 0.748. The van der Waals surface area contributed by atoms with E-state index in [2.05, 4.69) is 0 Å².